The van der Waals surface area contributed by atoms with Crippen molar-refractivity contribution in [2.75, 3.05) is 13.1 Å². The number of amides is 1. The van der Waals surface area contributed by atoms with Crippen molar-refractivity contribution >= 4 is 17.7 Å². The number of aromatic nitrogens is 3. The molecule has 0 bridgehead atoms. The van der Waals surface area contributed by atoms with Crippen LogP contribution in [0.3, 0.4) is 0 Å². The molecule has 1 N–H and O–H groups in total. The van der Waals surface area contributed by atoms with Gasteiger partial charge in [0.2, 0.25) is 5.91 Å². The van der Waals surface area contributed by atoms with Crippen LogP contribution in [0.1, 0.15) is 42.3 Å². The molecule has 31 heavy (non-hydrogen) atoms. The van der Waals surface area contributed by atoms with Crippen molar-refractivity contribution in [3.05, 3.63) is 72.1 Å². The van der Waals surface area contributed by atoms with E-state index < -0.39 is 0 Å². The first-order valence-electron chi connectivity index (χ1n) is 11.0. The minimum Gasteiger partial charge on any atom is -0.352 e. The molecule has 1 saturated carbocycles. The van der Waals surface area contributed by atoms with Crippen molar-refractivity contribution in [1.82, 2.24) is 25.0 Å². The molecule has 0 spiro atoms. The Hall–Kier alpha value is -2.64. The summed E-state index contributed by atoms with van der Waals surface area (Å²) < 4.78 is 2.11. The molecule has 7 heteroatoms. The SMILES string of the molecule is O=C(NC1CC1)[C@H](Sc1nnc(CN2CCCC2)n1-c1ccccc1)c1ccccc1. The second-order valence-corrected chi connectivity index (χ2v) is 9.32. The lowest BCUT2D eigenvalue weighted by atomic mass is 10.1. The van der Waals surface area contributed by atoms with E-state index in [4.69, 9.17) is 0 Å². The minimum atomic E-state index is -0.368. The van der Waals surface area contributed by atoms with E-state index in [2.05, 4.69) is 37.1 Å². The molecule has 1 aromatic heterocycles. The largest absolute Gasteiger partial charge is 0.352 e. The third-order valence-electron chi connectivity index (χ3n) is 5.77. The topological polar surface area (TPSA) is 63.1 Å². The fourth-order valence-electron chi connectivity index (χ4n) is 3.97. The van der Waals surface area contributed by atoms with E-state index in [1.54, 1.807) is 0 Å². The number of rotatable bonds is 8. The van der Waals surface area contributed by atoms with Crippen LogP contribution in [-0.2, 0) is 11.3 Å². The molecule has 6 nitrogen and oxygen atoms in total. The predicted molar refractivity (Wildman–Crippen MR) is 122 cm³/mol. The molecule has 1 amide bonds. The number of nitrogens with one attached hydrogen (secondary N) is 1. The van der Waals surface area contributed by atoms with Crippen LogP contribution in [0.25, 0.3) is 5.69 Å². The number of para-hydroxylation sites is 1. The van der Waals surface area contributed by atoms with Crippen LogP contribution in [0.15, 0.2) is 65.8 Å². The molecule has 2 aliphatic rings. The maximum absolute atomic E-state index is 13.1. The molecule has 2 fully saturated rings. The van der Waals surface area contributed by atoms with Crippen molar-refractivity contribution in [3.63, 3.8) is 0 Å². The molecule has 160 valence electrons. The lowest BCUT2D eigenvalue weighted by Crippen LogP contribution is -2.30. The van der Waals surface area contributed by atoms with E-state index >= 15 is 0 Å². The van der Waals surface area contributed by atoms with E-state index in [-0.39, 0.29) is 11.2 Å². The number of carbonyl (C=O) groups excluding carboxylic acids is 1. The molecule has 1 saturated heterocycles. The van der Waals surface area contributed by atoms with Crippen LogP contribution in [-0.4, -0.2) is 44.7 Å². The van der Waals surface area contributed by atoms with Crippen LogP contribution < -0.4 is 5.32 Å². The first-order valence-corrected chi connectivity index (χ1v) is 11.9. The van der Waals surface area contributed by atoms with Gasteiger partial charge in [0.1, 0.15) is 5.25 Å². The molecule has 1 aliphatic heterocycles. The first kappa shape index (κ1) is 20.3. The van der Waals surface area contributed by atoms with Gasteiger partial charge >= 0.3 is 0 Å². The lowest BCUT2D eigenvalue weighted by molar-refractivity contribution is -0.120. The van der Waals surface area contributed by atoms with Gasteiger partial charge in [-0.3, -0.25) is 14.3 Å². The van der Waals surface area contributed by atoms with E-state index in [1.807, 2.05) is 48.5 Å². The number of hydrogen-bond acceptors (Lipinski definition) is 5. The summed E-state index contributed by atoms with van der Waals surface area (Å²) in [7, 11) is 0. The highest BCUT2D eigenvalue weighted by Crippen LogP contribution is 2.37. The van der Waals surface area contributed by atoms with Gasteiger partial charge in [0.05, 0.1) is 6.54 Å². The smallest absolute Gasteiger partial charge is 0.238 e. The Kier molecular flexibility index (Phi) is 6.04. The average molecular weight is 434 g/mol. The Morgan fingerprint density at radius 1 is 1.00 bits per heavy atom. The van der Waals surface area contributed by atoms with Gasteiger partial charge < -0.3 is 5.32 Å². The van der Waals surface area contributed by atoms with Gasteiger partial charge in [-0.1, -0.05) is 60.3 Å². The Morgan fingerprint density at radius 2 is 1.68 bits per heavy atom. The molecule has 2 aromatic carbocycles. The van der Waals surface area contributed by atoms with Crippen molar-refractivity contribution in [2.24, 2.45) is 0 Å². The van der Waals surface area contributed by atoms with E-state index in [9.17, 15) is 4.79 Å². The van der Waals surface area contributed by atoms with Gasteiger partial charge in [-0.25, -0.2) is 0 Å². The third kappa shape index (κ3) is 4.83. The second-order valence-electron chi connectivity index (χ2n) is 8.24. The molecular formula is C24H27N5OS. The summed E-state index contributed by atoms with van der Waals surface area (Å²) in [5, 5.41) is 12.7. The lowest BCUT2D eigenvalue weighted by Gasteiger charge is -2.19. The molecule has 5 rings (SSSR count). The van der Waals surface area contributed by atoms with Gasteiger partial charge in [-0.15, -0.1) is 10.2 Å². The highest BCUT2D eigenvalue weighted by atomic mass is 32.2. The molecule has 2 heterocycles. The average Bonchev–Trinajstić information content (AvgIpc) is 3.31. The summed E-state index contributed by atoms with van der Waals surface area (Å²) in [6, 6.07) is 20.5. The summed E-state index contributed by atoms with van der Waals surface area (Å²) >= 11 is 1.48. The summed E-state index contributed by atoms with van der Waals surface area (Å²) in [6.07, 6.45) is 4.60. The Morgan fingerprint density at radius 3 is 2.35 bits per heavy atom. The number of nitrogens with zero attached hydrogens (tertiary/aromatic N) is 4. The standard InChI is InChI=1S/C24H27N5OS/c30-23(25-19-13-14-19)22(18-9-3-1-4-10-18)31-24-27-26-21(17-28-15-7-8-16-28)29(24)20-11-5-2-6-12-20/h1-6,9-12,19,22H,7-8,13-17H2,(H,25,30)/t22-/m1/s1. The molecule has 0 unspecified atom stereocenters. The van der Waals surface area contributed by atoms with Crippen molar-refractivity contribution in [3.8, 4) is 5.69 Å². The van der Waals surface area contributed by atoms with Crippen molar-refractivity contribution in [1.29, 1.82) is 0 Å². The summed E-state index contributed by atoms with van der Waals surface area (Å²) in [4.78, 5) is 15.6. The fourth-order valence-corrected chi connectivity index (χ4v) is 5.05. The van der Waals surface area contributed by atoms with E-state index in [0.29, 0.717) is 6.04 Å². The Bertz CT molecular complexity index is 1010. The summed E-state index contributed by atoms with van der Waals surface area (Å²) in [5.74, 6) is 0.965. The van der Waals surface area contributed by atoms with Gasteiger partial charge in [0, 0.05) is 11.7 Å². The highest BCUT2D eigenvalue weighted by molar-refractivity contribution is 8.00. The van der Waals surface area contributed by atoms with Crippen LogP contribution in [0.4, 0.5) is 0 Å². The number of benzene rings is 2. The normalized spacial score (nSPS) is 17.5. The van der Waals surface area contributed by atoms with Crippen molar-refractivity contribution < 1.29 is 4.79 Å². The number of hydrogen-bond donors (Lipinski definition) is 1. The summed E-state index contributed by atoms with van der Waals surface area (Å²) in [5.41, 5.74) is 2.01. The zero-order chi connectivity index (χ0) is 21.0. The Balaban J connectivity index is 1.48. The van der Waals surface area contributed by atoms with E-state index in [0.717, 1.165) is 54.7 Å². The van der Waals surface area contributed by atoms with Crippen LogP contribution >= 0.6 is 11.8 Å². The van der Waals surface area contributed by atoms with Crippen LogP contribution in [0, 0.1) is 0 Å². The monoisotopic (exact) mass is 433 g/mol. The molecule has 3 aromatic rings. The van der Waals surface area contributed by atoms with E-state index in [1.165, 1.54) is 24.6 Å². The van der Waals surface area contributed by atoms with Gasteiger partial charge in [0.25, 0.3) is 0 Å². The van der Waals surface area contributed by atoms with Gasteiger partial charge in [-0.2, -0.15) is 0 Å². The zero-order valence-electron chi connectivity index (χ0n) is 17.5. The van der Waals surface area contributed by atoms with Crippen LogP contribution in [0.5, 0.6) is 0 Å². The second kappa shape index (κ2) is 9.24. The highest BCUT2D eigenvalue weighted by Gasteiger charge is 2.31. The molecule has 1 aliphatic carbocycles. The zero-order valence-corrected chi connectivity index (χ0v) is 18.3. The van der Waals surface area contributed by atoms with Gasteiger partial charge in [-0.05, 0) is 56.5 Å². The summed E-state index contributed by atoms with van der Waals surface area (Å²) in [6.45, 7) is 2.97. The van der Waals surface area contributed by atoms with Crippen LogP contribution in [0.2, 0.25) is 0 Å². The maximum atomic E-state index is 13.1. The predicted octanol–water partition coefficient (Wildman–Crippen LogP) is 3.98. The maximum Gasteiger partial charge on any atom is 0.238 e. The number of carbonyl (C=O) groups is 1. The van der Waals surface area contributed by atoms with Gasteiger partial charge in [0.15, 0.2) is 11.0 Å². The minimum absolute atomic E-state index is 0.0439. The number of thioether (sulfide) groups is 1. The quantitative estimate of drug-likeness (QED) is 0.545. The van der Waals surface area contributed by atoms with Crippen molar-refractivity contribution in [2.45, 2.75) is 48.7 Å². The first-order chi connectivity index (χ1) is 15.3. The molecular weight excluding hydrogens is 406 g/mol. The number of likely N-dealkylation sites (tertiary alicyclic amines) is 1. The fraction of sp³-hybridized carbons (Fsp3) is 0.375. The Labute approximate surface area is 187 Å². The third-order valence-corrected chi connectivity index (χ3v) is 6.96. The molecule has 0 radical (unpaired) electrons. The molecule has 1 atom stereocenters.